The van der Waals surface area contributed by atoms with Gasteiger partial charge < -0.3 is 5.32 Å². The molecule has 0 unspecified atom stereocenters. The molecule has 0 aliphatic rings. The fourth-order valence-electron chi connectivity index (χ4n) is 0.992. The quantitative estimate of drug-likeness (QED) is 0.371. The van der Waals surface area contributed by atoms with E-state index in [2.05, 4.69) is 20.8 Å². The van der Waals surface area contributed by atoms with Crippen molar-refractivity contribution < 1.29 is 17.1 Å². The predicted molar refractivity (Wildman–Crippen MR) is 66.0 cm³/mol. The van der Waals surface area contributed by atoms with Crippen molar-refractivity contribution in [3.8, 4) is 0 Å². The number of aromatic nitrogens is 1. The molecule has 0 bridgehead atoms. The molecule has 1 heterocycles. The van der Waals surface area contributed by atoms with Crippen molar-refractivity contribution in [3.63, 3.8) is 0 Å². The van der Waals surface area contributed by atoms with Crippen LogP contribution in [0.4, 0.5) is 0 Å². The number of hydrogen-bond donors (Lipinski definition) is 2. The Morgan fingerprint density at radius 1 is 1.44 bits per heavy atom. The van der Waals surface area contributed by atoms with E-state index >= 15 is 0 Å². The number of nitrogens with zero attached hydrogens (tertiary/aromatic N) is 2. The molecule has 0 amide bonds. The molecule has 16 heavy (non-hydrogen) atoms. The molecule has 1 rings (SSSR count). The predicted octanol–water partition coefficient (Wildman–Crippen LogP) is 1.21. The molecular formula is C10H14CuN4S+2. The van der Waals surface area contributed by atoms with Gasteiger partial charge in [0.15, 0.2) is 5.11 Å². The van der Waals surface area contributed by atoms with E-state index in [1.807, 2.05) is 32.0 Å². The minimum atomic E-state index is 0. The van der Waals surface area contributed by atoms with Gasteiger partial charge >= 0.3 is 17.1 Å². The summed E-state index contributed by atoms with van der Waals surface area (Å²) in [7, 11) is 1.74. The Labute approximate surface area is 111 Å². The summed E-state index contributed by atoms with van der Waals surface area (Å²) in [5.41, 5.74) is 5.34. The third kappa shape index (κ3) is 4.70. The zero-order chi connectivity index (χ0) is 11.3. The van der Waals surface area contributed by atoms with Crippen LogP contribution in [0.3, 0.4) is 0 Å². The largest absolute Gasteiger partial charge is 2.00 e. The van der Waals surface area contributed by atoms with Crippen LogP contribution in [0.25, 0.3) is 0 Å². The van der Waals surface area contributed by atoms with Crippen molar-refractivity contribution in [2.75, 3.05) is 7.05 Å². The van der Waals surface area contributed by atoms with Gasteiger partial charge in [-0.05, 0) is 38.2 Å². The van der Waals surface area contributed by atoms with Crippen LogP contribution in [-0.2, 0) is 17.1 Å². The van der Waals surface area contributed by atoms with Crippen LogP contribution in [0.15, 0.2) is 23.3 Å². The molecule has 89 valence electrons. The Hall–Kier alpha value is -0.971. The topological polar surface area (TPSA) is 49.3 Å². The van der Waals surface area contributed by atoms with Crippen LogP contribution in [0, 0.1) is 6.92 Å². The summed E-state index contributed by atoms with van der Waals surface area (Å²) in [6, 6.07) is 5.81. The van der Waals surface area contributed by atoms with Crippen molar-refractivity contribution in [2.45, 2.75) is 13.8 Å². The Kier molecular flexibility index (Phi) is 6.88. The summed E-state index contributed by atoms with van der Waals surface area (Å²) in [5.74, 6) is 0. The minimum absolute atomic E-state index is 0. The smallest absolute Gasteiger partial charge is 0.364 e. The molecule has 0 aliphatic heterocycles. The van der Waals surface area contributed by atoms with Gasteiger partial charge in [0, 0.05) is 12.7 Å². The van der Waals surface area contributed by atoms with Crippen LogP contribution in [0.1, 0.15) is 18.3 Å². The molecule has 6 heteroatoms. The molecule has 4 nitrogen and oxygen atoms in total. The molecule has 0 atom stereocenters. The van der Waals surface area contributed by atoms with Gasteiger partial charge in [0.1, 0.15) is 0 Å². The molecule has 2 N–H and O–H groups in total. The molecule has 1 radical (unpaired) electrons. The molecule has 0 aromatic carbocycles. The van der Waals surface area contributed by atoms with Gasteiger partial charge in [0.2, 0.25) is 0 Å². The average Bonchev–Trinajstić information content (AvgIpc) is 2.25. The van der Waals surface area contributed by atoms with Gasteiger partial charge in [-0.15, -0.1) is 0 Å². The molecule has 0 fully saturated rings. The monoisotopic (exact) mass is 285 g/mol. The fraction of sp³-hybridized carbons (Fsp3) is 0.300. The summed E-state index contributed by atoms with van der Waals surface area (Å²) in [4.78, 5) is 4.34. The van der Waals surface area contributed by atoms with Gasteiger partial charge in [-0.25, -0.2) is 0 Å². The van der Waals surface area contributed by atoms with Crippen molar-refractivity contribution in [1.82, 2.24) is 15.7 Å². The van der Waals surface area contributed by atoms with E-state index in [0.29, 0.717) is 5.11 Å². The standard InChI is InChI=1S/C10H14N4S.Cu/c1-7-5-4-6-9(12-7)8(2)13-14-10(15)11-3;/h4-6H,1-3H3,(H2,11,14,15);/q;+2. The summed E-state index contributed by atoms with van der Waals surface area (Å²) in [5, 5.41) is 7.37. The van der Waals surface area contributed by atoms with Gasteiger partial charge in [-0.3, -0.25) is 10.4 Å². The van der Waals surface area contributed by atoms with E-state index < -0.39 is 0 Å². The Morgan fingerprint density at radius 2 is 2.12 bits per heavy atom. The van der Waals surface area contributed by atoms with Crippen LogP contribution in [-0.4, -0.2) is 22.9 Å². The van der Waals surface area contributed by atoms with E-state index in [1.54, 1.807) is 7.05 Å². The van der Waals surface area contributed by atoms with Gasteiger partial charge in [0.05, 0.1) is 11.4 Å². The second kappa shape index (κ2) is 7.33. The minimum Gasteiger partial charge on any atom is -0.364 e. The average molecular weight is 286 g/mol. The van der Waals surface area contributed by atoms with Gasteiger partial charge in [-0.1, -0.05) is 6.07 Å². The molecule has 0 saturated heterocycles. The Balaban J connectivity index is 0.00000225. The van der Waals surface area contributed by atoms with Crippen LogP contribution in [0.5, 0.6) is 0 Å². The van der Waals surface area contributed by atoms with Gasteiger partial charge in [-0.2, -0.15) is 5.10 Å². The number of rotatable bonds is 2. The summed E-state index contributed by atoms with van der Waals surface area (Å²) in [6.07, 6.45) is 0. The molecule has 0 aliphatic carbocycles. The number of aryl methyl sites for hydroxylation is 1. The second-order valence-electron chi connectivity index (χ2n) is 3.05. The first-order chi connectivity index (χ1) is 7.13. The second-order valence-corrected chi connectivity index (χ2v) is 3.46. The molecule has 0 saturated carbocycles. The van der Waals surface area contributed by atoms with E-state index in [-0.39, 0.29) is 17.1 Å². The summed E-state index contributed by atoms with van der Waals surface area (Å²) < 4.78 is 0. The molecule has 1 aromatic rings. The number of hydrogen-bond acceptors (Lipinski definition) is 3. The summed E-state index contributed by atoms with van der Waals surface area (Å²) in [6.45, 7) is 3.83. The van der Waals surface area contributed by atoms with Crippen LogP contribution < -0.4 is 10.7 Å². The van der Waals surface area contributed by atoms with Crippen LogP contribution >= 0.6 is 12.2 Å². The fourth-order valence-corrected chi connectivity index (χ4v) is 1.04. The molecule has 1 aromatic heterocycles. The van der Waals surface area contributed by atoms with Crippen molar-refractivity contribution in [3.05, 3.63) is 29.6 Å². The van der Waals surface area contributed by atoms with Crippen molar-refractivity contribution in [1.29, 1.82) is 0 Å². The normalized spacial score (nSPS) is 10.3. The Morgan fingerprint density at radius 3 is 2.69 bits per heavy atom. The SMILES string of the molecule is CNC(=S)NN=C(C)c1cccc(C)n1.[Cu+2]. The maximum atomic E-state index is 4.90. The number of nitrogens with one attached hydrogen (secondary N) is 2. The van der Waals surface area contributed by atoms with E-state index in [9.17, 15) is 0 Å². The summed E-state index contributed by atoms with van der Waals surface area (Å²) >= 11 is 4.90. The number of pyridine rings is 1. The van der Waals surface area contributed by atoms with Crippen molar-refractivity contribution >= 4 is 23.0 Å². The third-order valence-electron chi connectivity index (χ3n) is 1.81. The number of thiocarbonyl (C=S) groups is 1. The maximum Gasteiger partial charge on any atom is 2.00 e. The first-order valence-corrected chi connectivity index (χ1v) is 5.00. The first kappa shape index (κ1) is 15.0. The Bertz CT molecular complexity index is 392. The van der Waals surface area contributed by atoms with Crippen LogP contribution in [0.2, 0.25) is 0 Å². The van der Waals surface area contributed by atoms with E-state index in [0.717, 1.165) is 17.1 Å². The van der Waals surface area contributed by atoms with Crippen molar-refractivity contribution in [2.24, 2.45) is 5.10 Å². The zero-order valence-electron chi connectivity index (χ0n) is 9.34. The van der Waals surface area contributed by atoms with Gasteiger partial charge in [0.25, 0.3) is 0 Å². The molecular weight excluding hydrogens is 272 g/mol. The molecule has 0 spiro atoms. The maximum absolute atomic E-state index is 4.90. The zero-order valence-corrected chi connectivity index (χ0v) is 11.1. The third-order valence-corrected chi connectivity index (χ3v) is 2.11. The van der Waals surface area contributed by atoms with E-state index in [4.69, 9.17) is 12.2 Å². The van der Waals surface area contributed by atoms with E-state index in [1.165, 1.54) is 0 Å². The number of hydrazone groups is 1. The first-order valence-electron chi connectivity index (χ1n) is 4.59.